The average Bonchev–Trinajstić information content (AvgIpc) is 2.78. The van der Waals surface area contributed by atoms with Crippen molar-refractivity contribution < 1.29 is 23.8 Å². The number of para-hydroxylation sites is 1. The van der Waals surface area contributed by atoms with Crippen LogP contribution >= 0.6 is 0 Å². The number of hydrogen-bond donors (Lipinski definition) is 0. The second-order valence-electron chi connectivity index (χ2n) is 6.56. The first-order valence-electron chi connectivity index (χ1n) is 9.30. The molecule has 0 fully saturated rings. The van der Waals surface area contributed by atoms with Crippen LogP contribution in [0, 0.1) is 0 Å². The topological polar surface area (TPSA) is 96.7 Å². The molecule has 0 amide bonds. The van der Waals surface area contributed by atoms with E-state index in [1.165, 1.54) is 24.9 Å². The number of rotatable bonds is 8. The van der Waals surface area contributed by atoms with Crippen LogP contribution in [0.25, 0.3) is 10.9 Å². The van der Waals surface area contributed by atoms with Gasteiger partial charge < -0.3 is 14.2 Å². The summed E-state index contributed by atoms with van der Waals surface area (Å²) in [7, 11) is 4.55. The lowest BCUT2D eigenvalue weighted by Crippen LogP contribution is -2.23. The smallest absolute Gasteiger partial charge is 0.306 e. The van der Waals surface area contributed by atoms with E-state index in [0.29, 0.717) is 28.2 Å². The lowest BCUT2D eigenvalue weighted by Gasteiger charge is -2.11. The molecule has 0 saturated heterocycles. The van der Waals surface area contributed by atoms with E-state index >= 15 is 0 Å². The van der Waals surface area contributed by atoms with Gasteiger partial charge in [-0.15, -0.1) is 0 Å². The van der Waals surface area contributed by atoms with Gasteiger partial charge >= 0.3 is 5.97 Å². The van der Waals surface area contributed by atoms with Crippen molar-refractivity contribution in [2.75, 3.05) is 20.8 Å². The number of ketones is 1. The third kappa shape index (κ3) is 4.48. The fourth-order valence-electron chi connectivity index (χ4n) is 3.03. The highest BCUT2D eigenvalue weighted by atomic mass is 16.5. The van der Waals surface area contributed by atoms with Crippen molar-refractivity contribution in [3.8, 4) is 11.5 Å². The van der Waals surface area contributed by atoms with E-state index in [2.05, 4.69) is 4.98 Å². The maximum absolute atomic E-state index is 12.4. The number of fused-ring (bicyclic) bond motifs is 1. The molecule has 0 spiro atoms. The summed E-state index contributed by atoms with van der Waals surface area (Å²) in [6.07, 6.45) is 0.202. The third-order valence-corrected chi connectivity index (χ3v) is 4.70. The van der Waals surface area contributed by atoms with Crippen molar-refractivity contribution in [1.82, 2.24) is 9.55 Å². The van der Waals surface area contributed by atoms with Crippen molar-refractivity contribution in [1.29, 1.82) is 0 Å². The molecular weight excluding hydrogens is 388 g/mol. The molecule has 0 unspecified atom stereocenters. The number of nitrogens with zero attached hydrogens (tertiary/aromatic N) is 2. The zero-order valence-corrected chi connectivity index (χ0v) is 17.0. The summed E-state index contributed by atoms with van der Waals surface area (Å²) in [6, 6.07) is 11.8. The Kier molecular flexibility index (Phi) is 6.46. The van der Waals surface area contributed by atoms with E-state index in [-0.39, 0.29) is 24.0 Å². The van der Waals surface area contributed by atoms with Crippen LogP contribution in [0.2, 0.25) is 0 Å². The Hall–Kier alpha value is -3.68. The van der Waals surface area contributed by atoms with Crippen LogP contribution in [0.1, 0.15) is 22.6 Å². The van der Waals surface area contributed by atoms with Gasteiger partial charge in [-0.1, -0.05) is 12.1 Å². The van der Waals surface area contributed by atoms with Gasteiger partial charge in [-0.3, -0.25) is 19.0 Å². The van der Waals surface area contributed by atoms with Crippen molar-refractivity contribution in [2.24, 2.45) is 7.05 Å². The molecule has 1 heterocycles. The van der Waals surface area contributed by atoms with Gasteiger partial charge in [-0.05, 0) is 30.3 Å². The van der Waals surface area contributed by atoms with E-state index in [4.69, 9.17) is 14.2 Å². The molecule has 0 aliphatic heterocycles. The van der Waals surface area contributed by atoms with Gasteiger partial charge in [0.15, 0.2) is 6.61 Å². The normalized spacial score (nSPS) is 10.6. The molecule has 2 aromatic carbocycles. The van der Waals surface area contributed by atoms with E-state index in [1.807, 2.05) is 0 Å². The highest BCUT2D eigenvalue weighted by molar-refractivity contribution is 6.00. The zero-order valence-electron chi connectivity index (χ0n) is 17.0. The Balaban J connectivity index is 1.63. The largest absolute Gasteiger partial charge is 0.497 e. The lowest BCUT2D eigenvalue weighted by atomic mass is 10.1. The molecule has 0 aliphatic carbocycles. The molecule has 8 heteroatoms. The molecule has 0 N–H and O–H groups in total. The van der Waals surface area contributed by atoms with Crippen molar-refractivity contribution in [3.63, 3.8) is 0 Å². The molecule has 156 valence electrons. The molecule has 0 aliphatic rings. The van der Waals surface area contributed by atoms with Gasteiger partial charge in [-0.2, -0.15) is 0 Å². The van der Waals surface area contributed by atoms with Crippen molar-refractivity contribution >= 4 is 22.7 Å². The fourth-order valence-corrected chi connectivity index (χ4v) is 3.03. The number of ether oxygens (including phenoxy) is 3. The highest BCUT2D eigenvalue weighted by Crippen LogP contribution is 2.24. The maximum atomic E-state index is 12.4. The predicted octanol–water partition coefficient (Wildman–Crippen LogP) is 2.31. The summed E-state index contributed by atoms with van der Waals surface area (Å²) in [4.78, 5) is 41.5. The second kappa shape index (κ2) is 9.21. The van der Waals surface area contributed by atoms with Gasteiger partial charge in [0.2, 0.25) is 5.78 Å². The number of methoxy groups -OCH3 is 2. The Morgan fingerprint density at radius 3 is 2.57 bits per heavy atom. The zero-order chi connectivity index (χ0) is 21.7. The van der Waals surface area contributed by atoms with Crippen molar-refractivity contribution in [3.05, 3.63) is 64.2 Å². The number of hydrogen-bond acceptors (Lipinski definition) is 7. The SMILES string of the molecule is COc1ccc(OC)c(C(=O)COC(=O)CCc2nc3ccccc3c(=O)n2C)c1. The number of esters is 1. The number of aryl methyl sites for hydroxylation is 1. The Morgan fingerprint density at radius 1 is 1.07 bits per heavy atom. The standard InChI is InChI=1S/C22H22N2O6/c1-24-20(23-17-7-5-4-6-15(17)22(24)27)10-11-21(26)30-13-18(25)16-12-14(28-2)8-9-19(16)29-3/h4-9,12H,10-11,13H2,1-3H3. The molecule has 30 heavy (non-hydrogen) atoms. The summed E-state index contributed by atoms with van der Waals surface area (Å²) in [5, 5.41) is 0.518. The van der Waals surface area contributed by atoms with Crippen LogP contribution in [0.15, 0.2) is 47.3 Å². The molecule has 0 atom stereocenters. The van der Waals surface area contributed by atoms with Crippen LogP contribution in [0.4, 0.5) is 0 Å². The van der Waals surface area contributed by atoms with E-state index in [9.17, 15) is 14.4 Å². The Labute approximate surface area is 173 Å². The maximum Gasteiger partial charge on any atom is 0.306 e. The first kappa shape index (κ1) is 21.0. The van der Waals surface area contributed by atoms with Gasteiger partial charge in [-0.25, -0.2) is 4.98 Å². The summed E-state index contributed by atoms with van der Waals surface area (Å²) in [6.45, 7) is -0.424. The van der Waals surface area contributed by atoms with E-state index in [1.54, 1.807) is 43.4 Å². The summed E-state index contributed by atoms with van der Waals surface area (Å²) < 4.78 is 16.8. The van der Waals surface area contributed by atoms with E-state index in [0.717, 1.165) is 0 Å². The van der Waals surface area contributed by atoms with Crippen molar-refractivity contribution in [2.45, 2.75) is 12.8 Å². The monoisotopic (exact) mass is 410 g/mol. The van der Waals surface area contributed by atoms with Gasteiger partial charge in [0.1, 0.15) is 17.3 Å². The fraction of sp³-hybridized carbons (Fsp3) is 0.273. The molecule has 0 radical (unpaired) electrons. The molecule has 0 saturated carbocycles. The lowest BCUT2D eigenvalue weighted by molar-refractivity contribution is -0.142. The Bertz CT molecular complexity index is 1150. The molecule has 1 aromatic heterocycles. The molecular formula is C22H22N2O6. The van der Waals surface area contributed by atoms with Gasteiger partial charge in [0, 0.05) is 13.5 Å². The van der Waals surface area contributed by atoms with Gasteiger partial charge in [0.05, 0.1) is 37.1 Å². The quantitative estimate of drug-likeness (QED) is 0.415. The predicted molar refractivity (Wildman–Crippen MR) is 110 cm³/mol. The minimum atomic E-state index is -0.562. The summed E-state index contributed by atoms with van der Waals surface area (Å²) in [5.74, 6) is 0.361. The summed E-state index contributed by atoms with van der Waals surface area (Å²) in [5.41, 5.74) is 0.664. The number of benzene rings is 2. The van der Waals surface area contributed by atoms with Crippen LogP contribution < -0.4 is 15.0 Å². The minimum Gasteiger partial charge on any atom is -0.497 e. The molecule has 3 rings (SSSR count). The van der Waals surface area contributed by atoms with Crippen LogP contribution in [-0.2, 0) is 23.0 Å². The number of Topliss-reactive ketones (excluding diaryl/α,β-unsaturated/α-hetero) is 1. The second-order valence-corrected chi connectivity index (χ2v) is 6.56. The van der Waals surface area contributed by atoms with Gasteiger partial charge in [0.25, 0.3) is 5.56 Å². The van der Waals surface area contributed by atoms with E-state index < -0.39 is 18.4 Å². The van der Waals surface area contributed by atoms with Crippen LogP contribution in [-0.4, -0.2) is 42.1 Å². The molecule has 0 bridgehead atoms. The third-order valence-electron chi connectivity index (χ3n) is 4.70. The van der Waals surface area contributed by atoms with Crippen LogP contribution in [0.3, 0.4) is 0 Å². The first-order valence-corrected chi connectivity index (χ1v) is 9.30. The summed E-state index contributed by atoms with van der Waals surface area (Å²) >= 11 is 0. The molecule has 3 aromatic rings. The first-order chi connectivity index (χ1) is 14.4. The number of carbonyl (C=O) groups excluding carboxylic acids is 2. The number of carbonyl (C=O) groups is 2. The number of aromatic nitrogens is 2. The molecule has 8 nitrogen and oxygen atoms in total. The Morgan fingerprint density at radius 2 is 1.83 bits per heavy atom. The highest BCUT2D eigenvalue weighted by Gasteiger charge is 2.17. The average molecular weight is 410 g/mol. The minimum absolute atomic E-state index is 0.0128. The van der Waals surface area contributed by atoms with Crippen LogP contribution in [0.5, 0.6) is 11.5 Å².